The molecule has 1 atom stereocenters. The van der Waals surface area contributed by atoms with Gasteiger partial charge in [0.25, 0.3) is 0 Å². The Balaban J connectivity index is 2.21. The van der Waals surface area contributed by atoms with E-state index in [1.54, 1.807) is 18.2 Å². The Labute approximate surface area is 121 Å². The maximum Gasteiger partial charge on any atom is 0.123 e. The van der Waals surface area contributed by atoms with E-state index < -0.39 is 0 Å². The molecule has 19 heavy (non-hydrogen) atoms. The Morgan fingerprint density at radius 2 is 1.84 bits per heavy atom. The SMILES string of the molecule is OCC(Cc1ccc(Cl)c(Cl)c1)c1cccc(F)c1. The molecule has 0 aliphatic heterocycles. The molecule has 0 aromatic heterocycles. The molecule has 2 aromatic rings. The molecule has 0 radical (unpaired) electrons. The van der Waals surface area contributed by atoms with Crippen molar-refractivity contribution in [2.75, 3.05) is 6.61 Å². The zero-order valence-electron chi connectivity index (χ0n) is 10.1. The quantitative estimate of drug-likeness (QED) is 0.884. The van der Waals surface area contributed by atoms with Gasteiger partial charge in [-0.15, -0.1) is 0 Å². The first-order chi connectivity index (χ1) is 9.10. The van der Waals surface area contributed by atoms with Gasteiger partial charge < -0.3 is 5.11 Å². The second-order valence-electron chi connectivity index (χ2n) is 4.39. The normalized spacial score (nSPS) is 12.4. The highest BCUT2D eigenvalue weighted by molar-refractivity contribution is 6.42. The predicted molar refractivity (Wildman–Crippen MR) is 76.4 cm³/mol. The van der Waals surface area contributed by atoms with Crippen molar-refractivity contribution >= 4 is 23.2 Å². The molecule has 2 aromatic carbocycles. The first-order valence-electron chi connectivity index (χ1n) is 5.90. The zero-order chi connectivity index (χ0) is 13.8. The van der Waals surface area contributed by atoms with Gasteiger partial charge in [0, 0.05) is 5.92 Å². The number of aliphatic hydroxyl groups excluding tert-OH is 1. The van der Waals surface area contributed by atoms with Gasteiger partial charge in [0.2, 0.25) is 0 Å². The summed E-state index contributed by atoms with van der Waals surface area (Å²) in [6.45, 7) is -0.0519. The highest BCUT2D eigenvalue weighted by Gasteiger charge is 2.13. The van der Waals surface area contributed by atoms with Crippen molar-refractivity contribution in [1.29, 1.82) is 0 Å². The number of rotatable bonds is 4. The van der Waals surface area contributed by atoms with Crippen LogP contribution in [0.4, 0.5) is 4.39 Å². The van der Waals surface area contributed by atoms with Crippen LogP contribution in [0.2, 0.25) is 10.0 Å². The van der Waals surface area contributed by atoms with Crippen LogP contribution in [0.1, 0.15) is 17.0 Å². The zero-order valence-corrected chi connectivity index (χ0v) is 11.6. The predicted octanol–water partition coefficient (Wildman–Crippen LogP) is 4.45. The van der Waals surface area contributed by atoms with Gasteiger partial charge in [-0.3, -0.25) is 0 Å². The molecule has 2 rings (SSSR count). The molecule has 0 saturated heterocycles. The maximum absolute atomic E-state index is 13.2. The second kappa shape index (κ2) is 6.38. The second-order valence-corrected chi connectivity index (χ2v) is 5.20. The lowest BCUT2D eigenvalue weighted by Gasteiger charge is -2.15. The summed E-state index contributed by atoms with van der Waals surface area (Å²) in [6.07, 6.45) is 0.580. The Bertz CT molecular complexity index is 572. The van der Waals surface area contributed by atoms with Gasteiger partial charge in [-0.1, -0.05) is 41.4 Å². The molecular weight excluding hydrogens is 286 g/mol. The summed E-state index contributed by atoms with van der Waals surface area (Å²) >= 11 is 11.8. The fourth-order valence-electron chi connectivity index (χ4n) is 2.00. The molecule has 4 heteroatoms. The standard InChI is InChI=1S/C15H13Cl2FO/c16-14-5-4-10(7-15(14)17)6-12(9-19)11-2-1-3-13(18)8-11/h1-5,7-8,12,19H,6,9H2. The van der Waals surface area contributed by atoms with Gasteiger partial charge in [0.05, 0.1) is 16.7 Å². The van der Waals surface area contributed by atoms with Gasteiger partial charge >= 0.3 is 0 Å². The molecule has 0 heterocycles. The summed E-state index contributed by atoms with van der Waals surface area (Å²) in [5, 5.41) is 10.5. The highest BCUT2D eigenvalue weighted by Crippen LogP contribution is 2.26. The fraction of sp³-hybridized carbons (Fsp3) is 0.200. The molecule has 0 fully saturated rings. The van der Waals surface area contributed by atoms with E-state index in [1.165, 1.54) is 12.1 Å². The monoisotopic (exact) mass is 298 g/mol. The lowest BCUT2D eigenvalue weighted by molar-refractivity contribution is 0.264. The van der Waals surface area contributed by atoms with E-state index in [1.807, 2.05) is 12.1 Å². The average Bonchev–Trinajstić information content (AvgIpc) is 2.40. The van der Waals surface area contributed by atoms with E-state index in [4.69, 9.17) is 23.2 Å². The molecule has 0 saturated carbocycles. The van der Waals surface area contributed by atoms with E-state index in [0.717, 1.165) is 11.1 Å². The largest absolute Gasteiger partial charge is 0.396 e. The number of benzene rings is 2. The molecule has 1 nitrogen and oxygen atoms in total. The average molecular weight is 299 g/mol. The number of aliphatic hydroxyl groups is 1. The van der Waals surface area contributed by atoms with E-state index >= 15 is 0 Å². The third-order valence-corrected chi connectivity index (χ3v) is 3.75. The Morgan fingerprint density at radius 1 is 1.05 bits per heavy atom. The van der Waals surface area contributed by atoms with Crippen LogP contribution in [0.25, 0.3) is 0 Å². The number of hydrogen-bond acceptors (Lipinski definition) is 1. The first-order valence-corrected chi connectivity index (χ1v) is 6.66. The molecule has 1 N–H and O–H groups in total. The molecule has 0 spiro atoms. The molecule has 0 amide bonds. The van der Waals surface area contributed by atoms with Crippen molar-refractivity contribution in [1.82, 2.24) is 0 Å². The third-order valence-electron chi connectivity index (χ3n) is 3.01. The van der Waals surface area contributed by atoms with Crippen LogP contribution in [0, 0.1) is 5.82 Å². The van der Waals surface area contributed by atoms with Crippen molar-refractivity contribution in [2.24, 2.45) is 0 Å². The first kappa shape index (κ1) is 14.3. The van der Waals surface area contributed by atoms with Gasteiger partial charge in [0.15, 0.2) is 0 Å². The van der Waals surface area contributed by atoms with Crippen molar-refractivity contribution in [3.8, 4) is 0 Å². The molecule has 0 aliphatic rings. The van der Waals surface area contributed by atoms with Crippen LogP contribution in [-0.2, 0) is 6.42 Å². The minimum Gasteiger partial charge on any atom is -0.396 e. The summed E-state index contributed by atoms with van der Waals surface area (Å²) in [4.78, 5) is 0. The van der Waals surface area contributed by atoms with Crippen LogP contribution in [-0.4, -0.2) is 11.7 Å². The summed E-state index contributed by atoms with van der Waals surface area (Å²) < 4.78 is 13.2. The molecule has 100 valence electrons. The van der Waals surface area contributed by atoms with Crippen molar-refractivity contribution in [3.05, 3.63) is 69.5 Å². The topological polar surface area (TPSA) is 20.2 Å². The molecule has 0 aliphatic carbocycles. The van der Waals surface area contributed by atoms with Gasteiger partial charge in [-0.2, -0.15) is 0 Å². The molecule has 1 unspecified atom stereocenters. The minimum atomic E-state index is -0.301. The summed E-state index contributed by atoms with van der Waals surface area (Å²) in [5.74, 6) is -0.460. The van der Waals surface area contributed by atoms with Gasteiger partial charge in [-0.25, -0.2) is 4.39 Å². The summed E-state index contributed by atoms with van der Waals surface area (Å²) in [6, 6.07) is 11.6. The lowest BCUT2D eigenvalue weighted by atomic mass is 9.93. The van der Waals surface area contributed by atoms with Gasteiger partial charge in [-0.05, 0) is 41.8 Å². The Kier molecular flexibility index (Phi) is 4.81. The number of halogens is 3. The smallest absolute Gasteiger partial charge is 0.123 e. The molecular formula is C15H13Cl2FO. The highest BCUT2D eigenvalue weighted by atomic mass is 35.5. The van der Waals surface area contributed by atoms with Crippen LogP contribution in [0.3, 0.4) is 0 Å². The maximum atomic E-state index is 13.2. The van der Waals surface area contributed by atoms with Crippen molar-refractivity contribution in [2.45, 2.75) is 12.3 Å². The van der Waals surface area contributed by atoms with Crippen LogP contribution < -0.4 is 0 Å². The Morgan fingerprint density at radius 3 is 2.47 bits per heavy atom. The summed E-state index contributed by atoms with van der Waals surface area (Å²) in [7, 11) is 0. The Hall–Kier alpha value is -1.09. The summed E-state index contributed by atoms with van der Waals surface area (Å²) in [5.41, 5.74) is 1.73. The van der Waals surface area contributed by atoms with E-state index in [-0.39, 0.29) is 18.3 Å². The van der Waals surface area contributed by atoms with Crippen molar-refractivity contribution < 1.29 is 9.50 Å². The third kappa shape index (κ3) is 3.69. The van der Waals surface area contributed by atoms with E-state index in [9.17, 15) is 9.50 Å². The number of hydrogen-bond donors (Lipinski definition) is 1. The van der Waals surface area contributed by atoms with Crippen molar-refractivity contribution in [3.63, 3.8) is 0 Å². The van der Waals surface area contributed by atoms with Crippen LogP contribution in [0.5, 0.6) is 0 Å². The van der Waals surface area contributed by atoms with Crippen LogP contribution >= 0.6 is 23.2 Å². The minimum absolute atomic E-state index is 0.0519. The molecule has 0 bridgehead atoms. The lowest BCUT2D eigenvalue weighted by Crippen LogP contribution is -2.08. The van der Waals surface area contributed by atoms with E-state index in [0.29, 0.717) is 16.5 Å². The fourth-order valence-corrected chi connectivity index (χ4v) is 2.32. The van der Waals surface area contributed by atoms with E-state index in [2.05, 4.69) is 0 Å². The van der Waals surface area contributed by atoms with Gasteiger partial charge in [0.1, 0.15) is 5.82 Å². The van der Waals surface area contributed by atoms with Crippen LogP contribution in [0.15, 0.2) is 42.5 Å².